The largest absolute Gasteiger partial charge is 0.496 e. The van der Waals surface area contributed by atoms with Gasteiger partial charge in [0.15, 0.2) is 11.5 Å². The zero-order valence-corrected chi connectivity index (χ0v) is 14.2. The minimum absolute atomic E-state index is 0.232. The van der Waals surface area contributed by atoms with Crippen molar-refractivity contribution >= 4 is 5.91 Å². The molecule has 0 spiro atoms. The fourth-order valence-electron chi connectivity index (χ4n) is 2.35. The van der Waals surface area contributed by atoms with Crippen LogP contribution in [0.1, 0.15) is 15.9 Å². The Bertz CT molecular complexity index is 692. The molecule has 0 fully saturated rings. The molecule has 6 heteroatoms. The van der Waals surface area contributed by atoms with Crippen molar-refractivity contribution in [3.63, 3.8) is 0 Å². The van der Waals surface area contributed by atoms with Gasteiger partial charge in [0, 0.05) is 5.56 Å². The minimum atomic E-state index is -0.232. The van der Waals surface area contributed by atoms with Crippen LogP contribution >= 0.6 is 0 Å². The first kappa shape index (κ1) is 17.5. The molecule has 0 radical (unpaired) electrons. The first-order valence-corrected chi connectivity index (χ1v) is 7.34. The van der Waals surface area contributed by atoms with Gasteiger partial charge < -0.3 is 24.3 Å². The molecule has 0 heterocycles. The SMILES string of the molecule is COc1ccc(C(=O)NCc2c(OC)cccc2OC)cc1OC. The maximum Gasteiger partial charge on any atom is 0.251 e. The van der Waals surface area contributed by atoms with Gasteiger partial charge >= 0.3 is 0 Å². The van der Waals surface area contributed by atoms with Crippen LogP contribution in [-0.4, -0.2) is 34.3 Å². The van der Waals surface area contributed by atoms with Gasteiger partial charge in [-0.1, -0.05) is 6.07 Å². The van der Waals surface area contributed by atoms with Crippen molar-refractivity contribution in [2.24, 2.45) is 0 Å². The third-order valence-corrected chi connectivity index (χ3v) is 3.60. The summed E-state index contributed by atoms with van der Waals surface area (Å²) in [6, 6.07) is 10.5. The van der Waals surface area contributed by atoms with Crippen molar-refractivity contribution in [1.29, 1.82) is 0 Å². The van der Waals surface area contributed by atoms with Crippen LogP contribution in [0.4, 0.5) is 0 Å². The predicted molar refractivity (Wildman–Crippen MR) is 90.3 cm³/mol. The lowest BCUT2D eigenvalue weighted by molar-refractivity contribution is 0.0950. The molecule has 0 saturated carbocycles. The van der Waals surface area contributed by atoms with E-state index in [1.165, 1.54) is 7.11 Å². The average molecular weight is 331 g/mol. The van der Waals surface area contributed by atoms with Crippen LogP contribution in [0.5, 0.6) is 23.0 Å². The Balaban J connectivity index is 2.17. The summed E-state index contributed by atoms with van der Waals surface area (Å²) in [6.45, 7) is 0.278. The smallest absolute Gasteiger partial charge is 0.251 e. The van der Waals surface area contributed by atoms with Gasteiger partial charge in [0.1, 0.15) is 11.5 Å². The highest BCUT2D eigenvalue weighted by molar-refractivity contribution is 5.94. The molecule has 0 unspecified atom stereocenters. The van der Waals surface area contributed by atoms with E-state index in [1.807, 2.05) is 18.2 Å². The third-order valence-electron chi connectivity index (χ3n) is 3.60. The van der Waals surface area contributed by atoms with E-state index in [0.717, 1.165) is 5.56 Å². The summed E-state index contributed by atoms with van der Waals surface area (Å²) < 4.78 is 21.0. The number of rotatable bonds is 7. The minimum Gasteiger partial charge on any atom is -0.496 e. The lowest BCUT2D eigenvalue weighted by Gasteiger charge is -2.14. The highest BCUT2D eigenvalue weighted by Crippen LogP contribution is 2.29. The number of benzene rings is 2. The molecular formula is C18H21NO5. The summed E-state index contributed by atoms with van der Waals surface area (Å²) in [6.07, 6.45) is 0. The normalized spacial score (nSPS) is 10.0. The molecule has 0 aromatic heterocycles. The molecule has 2 rings (SSSR count). The van der Waals surface area contributed by atoms with Crippen molar-refractivity contribution in [3.05, 3.63) is 47.5 Å². The zero-order valence-electron chi connectivity index (χ0n) is 14.2. The number of amides is 1. The van der Waals surface area contributed by atoms with E-state index in [-0.39, 0.29) is 12.5 Å². The Hall–Kier alpha value is -2.89. The van der Waals surface area contributed by atoms with Crippen molar-refractivity contribution < 1.29 is 23.7 Å². The summed E-state index contributed by atoms with van der Waals surface area (Å²) in [7, 11) is 6.23. The van der Waals surface area contributed by atoms with Crippen LogP contribution in [0, 0.1) is 0 Å². The summed E-state index contributed by atoms with van der Waals surface area (Å²) in [5, 5.41) is 2.86. The molecule has 1 amide bonds. The molecule has 24 heavy (non-hydrogen) atoms. The van der Waals surface area contributed by atoms with Crippen LogP contribution < -0.4 is 24.3 Å². The number of methoxy groups -OCH3 is 4. The number of hydrogen-bond donors (Lipinski definition) is 1. The van der Waals surface area contributed by atoms with Gasteiger partial charge in [-0.3, -0.25) is 4.79 Å². The number of carbonyl (C=O) groups excluding carboxylic acids is 1. The van der Waals surface area contributed by atoms with Gasteiger partial charge in [-0.15, -0.1) is 0 Å². The Morgan fingerprint density at radius 2 is 1.42 bits per heavy atom. The molecule has 0 aliphatic carbocycles. The van der Waals surface area contributed by atoms with E-state index in [2.05, 4.69) is 5.32 Å². The van der Waals surface area contributed by atoms with Crippen LogP contribution in [-0.2, 0) is 6.54 Å². The van der Waals surface area contributed by atoms with Crippen molar-refractivity contribution in [2.75, 3.05) is 28.4 Å². The molecule has 2 aromatic carbocycles. The second kappa shape index (κ2) is 8.10. The summed E-state index contributed by atoms with van der Waals surface area (Å²) in [5.74, 6) is 2.15. The standard InChI is InChI=1S/C18H21NO5/c1-21-14-6-5-7-15(22-2)13(14)11-19-18(20)12-8-9-16(23-3)17(10-12)24-4/h5-10H,11H2,1-4H3,(H,19,20). The van der Waals surface area contributed by atoms with Crippen molar-refractivity contribution in [3.8, 4) is 23.0 Å². The number of hydrogen-bond acceptors (Lipinski definition) is 5. The van der Waals surface area contributed by atoms with E-state index in [9.17, 15) is 4.79 Å². The number of nitrogens with one attached hydrogen (secondary N) is 1. The molecule has 1 N–H and O–H groups in total. The van der Waals surface area contributed by atoms with E-state index < -0.39 is 0 Å². The fraction of sp³-hybridized carbons (Fsp3) is 0.278. The molecule has 0 saturated heterocycles. The van der Waals surface area contributed by atoms with Crippen LogP contribution in [0.15, 0.2) is 36.4 Å². The van der Waals surface area contributed by atoms with E-state index in [1.54, 1.807) is 39.5 Å². The predicted octanol–water partition coefficient (Wildman–Crippen LogP) is 2.65. The quantitative estimate of drug-likeness (QED) is 0.845. The van der Waals surface area contributed by atoms with Crippen molar-refractivity contribution in [1.82, 2.24) is 5.32 Å². The van der Waals surface area contributed by atoms with Gasteiger partial charge in [-0.05, 0) is 30.3 Å². The lowest BCUT2D eigenvalue weighted by Crippen LogP contribution is -2.23. The monoisotopic (exact) mass is 331 g/mol. The summed E-state index contributed by atoms with van der Waals surface area (Å²) >= 11 is 0. The maximum atomic E-state index is 12.4. The van der Waals surface area contributed by atoms with E-state index in [4.69, 9.17) is 18.9 Å². The second-order valence-electron chi connectivity index (χ2n) is 4.89. The zero-order chi connectivity index (χ0) is 17.5. The fourth-order valence-corrected chi connectivity index (χ4v) is 2.35. The van der Waals surface area contributed by atoms with Crippen LogP contribution in [0.2, 0.25) is 0 Å². The average Bonchev–Trinajstić information content (AvgIpc) is 2.64. The molecule has 128 valence electrons. The Kier molecular flexibility index (Phi) is 5.89. The summed E-state index contributed by atoms with van der Waals surface area (Å²) in [5.41, 5.74) is 1.25. The van der Waals surface area contributed by atoms with Gasteiger partial charge in [0.2, 0.25) is 0 Å². The van der Waals surface area contributed by atoms with Crippen molar-refractivity contribution in [2.45, 2.75) is 6.54 Å². The molecule has 2 aromatic rings. The van der Waals surface area contributed by atoms with Crippen LogP contribution in [0.3, 0.4) is 0 Å². The molecular weight excluding hydrogens is 310 g/mol. The van der Waals surface area contributed by atoms with Gasteiger partial charge in [-0.25, -0.2) is 0 Å². The topological polar surface area (TPSA) is 66.0 Å². The molecule has 6 nitrogen and oxygen atoms in total. The second-order valence-corrected chi connectivity index (χ2v) is 4.89. The third kappa shape index (κ3) is 3.71. The summed E-state index contributed by atoms with van der Waals surface area (Å²) in [4.78, 5) is 12.4. The Labute approximate surface area is 141 Å². The van der Waals surface area contributed by atoms with Gasteiger partial charge in [-0.2, -0.15) is 0 Å². The number of carbonyl (C=O) groups is 1. The Morgan fingerprint density at radius 1 is 0.833 bits per heavy atom. The molecule has 0 atom stereocenters. The highest BCUT2D eigenvalue weighted by Gasteiger charge is 2.14. The Morgan fingerprint density at radius 3 is 1.96 bits per heavy atom. The first-order chi connectivity index (χ1) is 11.6. The highest BCUT2D eigenvalue weighted by atomic mass is 16.5. The maximum absolute atomic E-state index is 12.4. The first-order valence-electron chi connectivity index (χ1n) is 7.34. The van der Waals surface area contributed by atoms with E-state index in [0.29, 0.717) is 28.6 Å². The van der Waals surface area contributed by atoms with E-state index >= 15 is 0 Å². The van der Waals surface area contributed by atoms with Gasteiger partial charge in [0.05, 0.1) is 40.5 Å². The van der Waals surface area contributed by atoms with Gasteiger partial charge in [0.25, 0.3) is 5.91 Å². The number of ether oxygens (including phenoxy) is 4. The lowest BCUT2D eigenvalue weighted by atomic mass is 10.1. The van der Waals surface area contributed by atoms with Crippen LogP contribution in [0.25, 0.3) is 0 Å². The molecule has 0 aliphatic heterocycles. The molecule has 0 bridgehead atoms. The molecule has 0 aliphatic rings.